The fourth-order valence-corrected chi connectivity index (χ4v) is 10.5. The van der Waals surface area contributed by atoms with E-state index in [2.05, 4.69) is 235 Å². The molecule has 0 spiro atoms. The summed E-state index contributed by atoms with van der Waals surface area (Å²) in [6.07, 6.45) is 23.2. The summed E-state index contributed by atoms with van der Waals surface area (Å²) < 4.78 is 134. The number of thioether (sulfide) groups is 1. The number of ether oxygens (including phenoxy) is 2. The lowest BCUT2D eigenvalue weighted by Crippen LogP contribution is -2.17. The van der Waals surface area contributed by atoms with Crippen LogP contribution in [0, 0.1) is 63.7 Å². The van der Waals surface area contributed by atoms with Gasteiger partial charge in [-0.1, -0.05) is 362 Å². The maximum absolute atomic E-state index is 12.8. The molecule has 0 saturated carbocycles. The van der Waals surface area contributed by atoms with Crippen molar-refractivity contribution >= 4 is 122 Å². The minimum atomic E-state index is -4.65. The van der Waals surface area contributed by atoms with E-state index in [1.54, 1.807) is 49.6 Å². The zero-order valence-electron chi connectivity index (χ0n) is 66.2. The van der Waals surface area contributed by atoms with Gasteiger partial charge in [-0.3, -0.25) is 0 Å². The summed E-state index contributed by atoms with van der Waals surface area (Å²) in [4.78, 5) is 0.221. The van der Waals surface area contributed by atoms with E-state index in [-0.39, 0.29) is 39.2 Å². The molecule has 17 heteroatoms. The zero-order chi connectivity index (χ0) is 83.2. The van der Waals surface area contributed by atoms with Crippen molar-refractivity contribution in [3.8, 4) is 11.5 Å². The number of hydrogen-bond donors (Lipinski definition) is 0. The molecule has 0 radical (unpaired) electrons. The number of allylic oxidation sites excluding steroid dienone is 8. The minimum Gasteiger partial charge on any atom is -0.496 e. The lowest BCUT2D eigenvalue weighted by molar-refractivity contribution is -0.274. The molecule has 2 nitrogen and oxygen atoms in total. The first-order chi connectivity index (χ1) is 51.5. The van der Waals surface area contributed by atoms with E-state index >= 15 is 0 Å². The molecule has 0 N–H and O–H groups in total. The predicted molar refractivity (Wildman–Crippen MR) is 468 cm³/mol. The van der Waals surface area contributed by atoms with Gasteiger partial charge in [0, 0.05) is 29.1 Å². The van der Waals surface area contributed by atoms with Crippen LogP contribution in [0.3, 0.4) is 0 Å². The average molecular weight is 1760 g/mol. The lowest BCUT2D eigenvalue weighted by Gasteiger charge is -2.11. The van der Waals surface area contributed by atoms with Crippen LogP contribution >= 0.6 is 73.5 Å². The van der Waals surface area contributed by atoms with E-state index in [1.165, 1.54) is 74.4 Å². The van der Waals surface area contributed by atoms with E-state index in [0.717, 1.165) is 33.0 Å². The van der Waals surface area contributed by atoms with E-state index in [4.69, 9.17) is 27.9 Å². The minimum absolute atomic E-state index is 0.0847. The topological polar surface area (TPSA) is 18.5 Å². The highest BCUT2D eigenvalue weighted by Crippen LogP contribution is 2.38. The van der Waals surface area contributed by atoms with Crippen LogP contribution in [0.1, 0.15) is 166 Å². The molecule has 0 unspecified atom stereocenters. The van der Waals surface area contributed by atoms with Crippen LogP contribution in [0.5, 0.6) is 11.5 Å². The van der Waals surface area contributed by atoms with Crippen LogP contribution in [0.25, 0.3) is 48.6 Å². The summed E-state index contributed by atoms with van der Waals surface area (Å²) >= 11 is 17.0. The SMILES string of the molecule is CC(C)/C=C/c1cc(F)cc(Cl)c1.CC(C)/C=C/c1ccc(C(F)(F)F)c(Cl)c1.CC(C)/C=C/c1cccc(SC(F)(F)F)c1.CC(C)/C=C/c1ccccc1Br.CC(C)/C=C/c1ccccc1I.CC(C)/C=C/c1ccccc1OC(F)(F)F.COc1ccccc1/C=C/C(C)C.Cc1ccccc1/C=C/C(C)C. The Bertz CT molecular complexity index is 4000. The fourth-order valence-electron chi connectivity index (χ4n) is 8.38. The first kappa shape index (κ1) is 101. The van der Waals surface area contributed by atoms with Crippen LogP contribution in [-0.2, 0) is 6.18 Å². The Kier molecular flexibility index (Phi) is 49.8. The molecular formula is C93H108BrCl2F10IO2S. The van der Waals surface area contributed by atoms with E-state index < -0.39 is 23.6 Å². The van der Waals surface area contributed by atoms with Gasteiger partial charge < -0.3 is 9.47 Å². The Morgan fingerprint density at radius 3 is 1.20 bits per heavy atom. The maximum atomic E-state index is 12.8. The summed E-state index contributed by atoms with van der Waals surface area (Å²) in [5.74, 6) is 4.37. The smallest absolute Gasteiger partial charge is 0.496 e. The van der Waals surface area contributed by atoms with Gasteiger partial charge in [-0.15, -0.1) is 13.2 Å². The van der Waals surface area contributed by atoms with Crippen LogP contribution in [0.2, 0.25) is 10.0 Å². The molecule has 8 rings (SSSR count). The maximum Gasteiger partial charge on any atom is 0.573 e. The number of rotatable bonds is 19. The molecule has 0 aliphatic carbocycles. The van der Waals surface area contributed by atoms with Gasteiger partial charge in [0.15, 0.2) is 0 Å². The van der Waals surface area contributed by atoms with Gasteiger partial charge in [-0.05, 0) is 194 Å². The molecule has 0 aliphatic rings. The second-order valence-electron chi connectivity index (χ2n) is 27.6. The van der Waals surface area contributed by atoms with E-state index in [9.17, 15) is 43.9 Å². The number of halogens is 14. The molecule has 0 aliphatic heterocycles. The zero-order valence-corrected chi connectivity index (χ0v) is 72.3. The van der Waals surface area contributed by atoms with Crippen LogP contribution in [-0.4, -0.2) is 19.0 Å². The molecule has 0 heterocycles. The van der Waals surface area contributed by atoms with Gasteiger partial charge in [0.25, 0.3) is 0 Å². The molecule has 110 heavy (non-hydrogen) atoms. The third-order valence-corrected chi connectivity index (χ3v) is 16.8. The van der Waals surface area contributed by atoms with Crippen molar-refractivity contribution in [3.05, 3.63) is 310 Å². The first-order valence-corrected chi connectivity index (χ1v) is 39.6. The van der Waals surface area contributed by atoms with Crippen molar-refractivity contribution < 1.29 is 53.4 Å². The first-order valence-electron chi connectivity index (χ1n) is 36.1. The second kappa shape index (κ2) is 54.4. The molecule has 0 fully saturated rings. The molecular weight excluding hydrogens is 1650 g/mol. The van der Waals surface area contributed by atoms with Crippen molar-refractivity contribution in [1.29, 1.82) is 0 Å². The molecule has 0 atom stereocenters. The number of aryl methyl sites for hydroxylation is 1. The van der Waals surface area contributed by atoms with Crippen molar-refractivity contribution in [1.82, 2.24) is 0 Å². The van der Waals surface area contributed by atoms with Crippen LogP contribution in [0.4, 0.5) is 43.9 Å². The molecule has 0 saturated heterocycles. The Labute approximate surface area is 687 Å². The second-order valence-corrected chi connectivity index (χ2v) is 31.6. The molecule has 8 aromatic carbocycles. The molecule has 596 valence electrons. The fraction of sp³-hybridized carbons (Fsp3) is 0.312. The highest BCUT2D eigenvalue weighted by molar-refractivity contribution is 14.1. The lowest BCUT2D eigenvalue weighted by atomic mass is 10.1. The molecule has 0 amide bonds. The van der Waals surface area contributed by atoms with Crippen molar-refractivity contribution in [2.45, 2.75) is 141 Å². The normalized spacial score (nSPS) is 11.9. The monoisotopic (exact) mass is 1750 g/mol. The largest absolute Gasteiger partial charge is 0.573 e. The van der Waals surface area contributed by atoms with Crippen LogP contribution in [0.15, 0.2) is 240 Å². The molecule has 0 aromatic heterocycles. The average Bonchev–Trinajstić information content (AvgIpc) is 0.831. The third-order valence-electron chi connectivity index (χ3n) is 13.9. The van der Waals surface area contributed by atoms with Gasteiger partial charge in [-0.2, -0.15) is 26.3 Å². The Balaban J connectivity index is 0.000000630. The number of para-hydroxylation sites is 2. The number of hydrogen-bond acceptors (Lipinski definition) is 3. The van der Waals surface area contributed by atoms with Crippen molar-refractivity contribution in [3.63, 3.8) is 0 Å². The summed E-state index contributed by atoms with van der Waals surface area (Å²) in [6, 6.07) is 53.8. The van der Waals surface area contributed by atoms with E-state index in [1.807, 2.05) is 108 Å². The quantitative estimate of drug-likeness (QED) is 0.0457. The van der Waals surface area contributed by atoms with Gasteiger partial charge >= 0.3 is 18.0 Å². The van der Waals surface area contributed by atoms with Crippen molar-refractivity contribution in [2.24, 2.45) is 47.3 Å². The molecule has 8 aromatic rings. The highest BCUT2D eigenvalue weighted by Gasteiger charge is 2.33. The van der Waals surface area contributed by atoms with Crippen molar-refractivity contribution in [2.75, 3.05) is 7.11 Å². The van der Waals surface area contributed by atoms with Gasteiger partial charge in [0.2, 0.25) is 0 Å². The van der Waals surface area contributed by atoms with Gasteiger partial charge in [-0.25, -0.2) is 4.39 Å². The predicted octanol–water partition coefficient (Wildman–Crippen LogP) is 33.5. The molecule has 0 bridgehead atoms. The Morgan fingerprint density at radius 2 is 0.773 bits per heavy atom. The summed E-state index contributed by atoms with van der Waals surface area (Å²) in [5, 5.41) is 0.168. The number of benzene rings is 8. The summed E-state index contributed by atoms with van der Waals surface area (Å²) in [6.45, 7) is 35.6. The van der Waals surface area contributed by atoms with Gasteiger partial charge in [0.05, 0.1) is 17.7 Å². The third kappa shape index (κ3) is 50.6. The summed E-state index contributed by atoms with van der Waals surface area (Å²) in [7, 11) is 1.70. The van der Waals surface area contributed by atoms with Gasteiger partial charge in [0.1, 0.15) is 17.3 Å². The standard InChI is InChI=1S/C12H12ClF3.C12H13F3O.C12H13F3S.C12H16O.C12H16.C11H13Br.C11H12ClF.C11H13I/c1-8(2)3-4-9-5-6-10(11(13)7-9)12(14,15)16;1-9(2)7-8-10-5-3-4-6-11(10)16-12(13,14)15;1-9(2)6-7-10-4-3-5-11(8-10)16-12(13,14)15;1-10(2)8-9-11-6-4-5-7-12(11)13-3;1-10(2)8-9-12-7-5-4-6-11(12)3;1-9(2)7-8-10-5-3-4-6-11(10)12;1-8(2)3-4-9-5-10(12)7-11(13)6-9;1-9(2)7-8-10-5-3-4-6-11(10)12/h3-8H,1-2H3;2*3-9H,1-2H3;4-10H,1-3H3;4-10H,1-3H3;3-9H,1-2H3;3-8H,1-2H3;3-9H,1-2H3/b4-3+;8-7+;7-6+;2*9-8+;8-7+;4-3+;8-7+. The Morgan fingerprint density at radius 1 is 0.391 bits per heavy atom. The van der Waals surface area contributed by atoms with Crippen LogP contribution < -0.4 is 9.47 Å². The summed E-state index contributed by atoms with van der Waals surface area (Å²) in [5.41, 5.74) is 4.04. The number of methoxy groups -OCH3 is 1. The Hall–Kier alpha value is -7.28. The highest BCUT2D eigenvalue weighted by atomic mass is 127. The number of alkyl halides is 9. The van der Waals surface area contributed by atoms with E-state index in [0.29, 0.717) is 57.6 Å².